The van der Waals surface area contributed by atoms with E-state index in [1.807, 2.05) is 12.1 Å². The first-order valence-electron chi connectivity index (χ1n) is 9.64. The second-order valence-corrected chi connectivity index (χ2v) is 7.43. The molecule has 158 valence electrons. The number of nitrogens with zero attached hydrogens (tertiary/aromatic N) is 5. The monoisotopic (exact) mass is 424 g/mol. The average molecular weight is 424 g/mol. The van der Waals surface area contributed by atoms with Crippen LogP contribution in [-0.4, -0.2) is 43.4 Å². The number of anilines is 2. The SMILES string of the molecule is COC(=O)c1ccc(Nc2nc3c(-c4cnn(CC5CC5(F)F)c4)cccn3n2)cc1. The average Bonchev–Trinajstić information content (AvgIpc) is 3.12. The molecule has 10 heteroatoms. The van der Waals surface area contributed by atoms with E-state index in [4.69, 9.17) is 4.74 Å². The maximum Gasteiger partial charge on any atom is 0.337 e. The van der Waals surface area contributed by atoms with Crippen molar-refractivity contribution in [2.45, 2.75) is 18.9 Å². The van der Waals surface area contributed by atoms with Crippen LogP contribution in [0.3, 0.4) is 0 Å². The van der Waals surface area contributed by atoms with Gasteiger partial charge in [0.2, 0.25) is 5.95 Å². The number of benzene rings is 1. The summed E-state index contributed by atoms with van der Waals surface area (Å²) in [4.78, 5) is 16.1. The van der Waals surface area contributed by atoms with Gasteiger partial charge < -0.3 is 10.1 Å². The number of carbonyl (C=O) groups is 1. The summed E-state index contributed by atoms with van der Waals surface area (Å²) in [5.41, 5.74) is 3.32. The summed E-state index contributed by atoms with van der Waals surface area (Å²) < 4.78 is 34.2. The lowest BCUT2D eigenvalue weighted by molar-refractivity contribution is 0.0600. The molecule has 1 aromatic carbocycles. The smallest absolute Gasteiger partial charge is 0.337 e. The van der Waals surface area contributed by atoms with Crippen molar-refractivity contribution in [1.82, 2.24) is 24.4 Å². The molecule has 5 rings (SSSR count). The molecule has 3 heterocycles. The Morgan fingerprint density at radius 1 is 1.29 bits per heavy atom. The molecule has 0 aliphatic heterocycles. The van der Waals surface area contributed by atoms with E-state index in [0.29, 0.717) is 22.8 Å². The van der Waals surface area contributed by atoms with Crippen molar-refractivity contribution in [1.29, 1.82) is 0 Å². The van der Waals surface area contributed by atoms with Crippen molar-refractivity contribution >= 4 is 23.3 Å². The van der Waals surface area contributed by atoms with Crippen molar-refractivity contribution in [2.24, 2.45) is 5.92 Å². The van der Waals surface area contributed by atoms with Gasteiger partial charge in [0.1, 0.15) is 0 Å². The molecule has 1 aliphatic rings. The lowest BCUT2D eigenvalue weighted by Gasteiger charge is -2.03. The lowest BCUT2D eigenvalue weighted by Crippen LogP contribution is -2.05. The molecular formula is C21H18F2N6O2. The fourth-order valence-electron chi connectivity index (χ4n) is 3.42. The number of ether oxygens (including phenoxy) is 1. The van der Waals surface area contributed by atoms with Gasteiger partial charge >= 0.3 is 5.97 Å². The third-order valence-electron chi connectivity index (χ3n) is 5.23. The topological polar surface area (TPSA) is 86.3 Å². The van der Waals surface area contributed by atoms with E-state index in [-0.39, 0.29) is 13.0 Å². The Balaban J connectivity index is 1.38. The molecule has 1 aliphatic carbocycles. The molecule has 0 amide bonds. The highest BCUT2D eigenvalue weighted by atomic mass is 19.3. The normalized spacial score (nSPS) is 16.9. The van der Waals surface area contributed by atoms with E-state index >= 15 is 0 Å². The van der Waals surface area contributed by atoms with Crippen LogP contribution in [-0.2, 0) is 11.3 Å². The minimum Gasteiger partial charge on any atom is -0.465 e. The standard InChI is InChI=1S/C21H18F2N6O2/c1-31-19(30)13-4-6-16(7-5-13)25-20-26-18-17(3-2-8-29(18)27-20)14-10-24-28(11-14)12-15-9-21(15,22)23/h2-8,10-11,15H,9,12H2,1H3,(H,25,27). The van der Waals surface area contributed by atoms with E-state index in [1.54, 1.807) is 52.1 Å². The molecular weight excluding hydrogens is 406 g/mol. The Morgan fingerprint density at radius 3 is 2.77 bits per heavy atom. The van der Waals surface area contributed by atoms with Crippen LogP contribution in [0.4, 0.5) is 20.4 Å². The van der Waals surface area contributed by atoms with Crippen molar-refractivity contribution < 1.29 is 18.3 Å². The van der Waals surface area contributed by atoms with E-state index < -0.39 is 17.8 Å². The summed E-state index contributed by atoms with van der Waals surface area (Å²) in [7, 11) is 1.33. The van der Waals surface area contributed by atoms with E-state index in [2.05, 4.69) is 20.5 Å². The fraction of sp³-hybridized carbons (Fsp3) is 0.238. The number of aromatic nitrogens is 5. The van der Waals surface area contributed by atoms with Crippen LogP contribution in [0.1, 0.15) is 16.8 Å². The van der Waals surface area contributed by atoms with Crippen molar-refractivity contribution in [3.63, 3.8) is 0 Å². The predicted octanol–water partition coefficient (Wildman–Crippen LogP) is 3.78. The van der Waals surface area contributed by atoms with Gasteiger partial charge in [0.25, 0.3) is 5.92 Å². The quantitative estimate of drug-likeness (QED) is 0.474. The van der Waals surface area contributed by atoms with E-state index in [1.165, 1.54) is 7.11 Å². The van der Waals surface area contributed by atoms with E-state index in [0.717, 1.165) is 11.1 Å². The summed E-state index contributed by atoms with van der Waals surface area (Å²) in [5, 5.41) is 11.8. The van der Waals surface area contributed by atoms with Crippen LogP contribution in [0.2, 0.25) is 0 Å². The first kappa shape index (κ1) is 19.2. The summed E-state index contributed by atoms with van der Waals surface area (Å²) in [5.74, 6) is -3.25. The number of pyridine rings is 1. The molecule has 4 aromatic rings. The molecule has 1 atom stereocenters. The molecule has 1 N–H and O–H groups in total. The zero-order chi connectivity index (χ0) is 21.6. The fourth-order valence-corrected chi connectivity index (χ4v) is 3.42. The molecule has 8 nitrogen and oxygen atoms in total. The number of rotatable bonds is 6. The molecule has 1 saturated carbocycles. The summed E-state index contributed by atoms with van der Waals surface area (Å²) in [6.45, 7) is 0.192. The molecule has 1 unspecified atom stereocenters. The van der Waals surface area contributed by atoms with Crippen molar-refractivity contribution in [3.05, 3.63) is 60.6 Å². The number of carbonyl (C=O) groups excluding carboxylic acids is 1. The number of nitrogens with one attached hydrogen (secondary N) is 1. The number of halogens is 2. The second kappa shape index (κ2) is 7.15. The highest BCUT2D eigenvalue weighted by Gasteiger charge is 2.56. The van der Waals surface area contributed by atoms with Gasteiger partial charge in [-0.3, -0.25) is 4.68 Å². The minimum atomic E-state index is -2.57. The van der Waals surface area contributed by atoms with Gasteiger partial charge in [-0.15, -0.1) is 5.10 Å². The van der Waals surface area contributed by atoms with Gasteiger partial charge in [0.15, 0.2) is 5.65 Å². The zero-order valence-corrected chi connectivity index (χ0v) is 16.5. The molecule has 0 bridgehead atoms. The minimum absolute atomic E-state index is 0.0857. The highest BCUT2D eigenvalue weighted by Crippen LogP contribution is 2.49. The Hall–Kier alpha value is -3.82. The van der Waals surface area contributed by atoms with Crippen LogP contribution < -0.4 is 5.32 Å². The molecule has 1 fully saturated rings. The molecule has 0 radical (unpaired) electrons. The van der Waals surface area contributed by atoms with Gasteiger partial charge in [0, 0.05) is 48.1 Å². The first-order valence-corrected chi connectivity index (χ1v) is 9.64. The Kier molecular flexibility index (Phi) is 4.42. The summed E-state index contributed by atoms with van der Waals surface area (Å²) in [6.07, 6.45) is 5.07. The molecule has 31 heavy (non-hydrogen) atoms. The number of alkyl halides is 2. The Morgan fingerprint density at radius 2 is 2.06 bits per heavy atom. The maximum absolute atomic E-state index is 13.2. The zero-order valence-electron chi connectivity index (χ0n) is 16.5. The third-order valence-corrected chi connectivity index (χ3v) is 5.23. The van der Waals surface area contributed by atoms with Gasteiger partial charge in [-0.05, 0) is 36.4 Å². The van der Waals surface area contributed by atoms with Gasteiger partial charge in [-0.1, -0.05) is 0 Å². The van der Waals surface area contributed by atoms with Crippen LogP contribution in [0, 0.1) is 5.92 Å². The molecule has 0 spiro atoms. The highest BCUT2D eigenvalue weighted by molar-refractivity contribution is 5.89. The maximum atomic E-state index is 13.2. The van der Waals surface area contributed by atoms with Crippen molar-refractivity contribution in [3.8, 4) is 11.1 Å². The van der Waals surface area contributed by atoms with Gasteiger partial charge in [0.05, 0.1) is 18.9 Å². The Labute approximate surface area is 175 Å². The lowest BCUT2D eigenvalue weighted by atomic mass is 10.1. The number of esters is 1. The predicted molar refractivity (Wildman–Crippen MR) is 108 cm³/mol. The number of methoxy groups -OCH3 is 1. The molecule has 0 saturated heterocycles. The van der Waals surface area contributed by atoms with Gasteiger partial charge in [-0.2, -0.15) is 10.1 Å². The Bertz CT molecular complexity index is 1260. The summed E-state index contributed by atoms with van der Waals surface area (Å²) in [6, 6.07) is 10.5. The van der Waals surface area contributed by atoms with Crippen LogP contribution in [0.15, 0.2) is 55.0 Å². The summed E-state index contributed by atoms with van der Waals surface area (Å²) >= 11 is 0. The molecule has 3 aromatic heterocycles. The van der Waals surface area contributed by atoms with Crippen LogP contribution in [0.5, 0.6) is 0 Å². The van der Waals surface area contributed by atoms with Crippen LogP contribution in [0.25, 0.3) is 16.8 Å². The number of fused-ring (bicyclic) bond motifs is 1. The van der Waals surface area contributed by atoms with Crippen molar-refractivity contribution in [2.75, 3.05) is 12.4 Å². The largest absolute Gasteiger partial charge is 0.465 e. The van der Waals surface area contributed by atoms with Crippen LogP contribution >= 0.6 is 0 Å². The second-order valence-electron chi connectivity index (χ2n) is 7.43. The third kappa shape index (κ3) is 3.72. The van der Waals surface area contributed by atoms with E-state index in [9.17, 15) is 13.6 Å². The number of hydrogen-bond acceptors (Lipinski definition) is 6. The van der Waals surface area contributed by atoms with Gasteiger partial charge in [-0.25, -0.2) is 18.1 Å². The first-order chi connectivity index (χ1) is 14.9. The number of hydrogen-bond donors (Lipinski definition) is 1.